The summed E-state index contributed by atoms with van der Waals surface area (Å²) in [7, 11) is 0. The molecule has 1 heterocycles. The van der Waals surface area contributed by atoms with E-state index in [-0.39, 0.29) is 24.8 Å². The second-order valence-corrected chi connectivity index (χ2v) is 6.93. The highest BCUT2D eigenvalue weighted by Gasteiger charge is 2.62. The number of amides is 3. The van der Waals surface area contributed by atoms with Gasteiger partial charge >= 0.3 is 0 Å². The van der Waals surface area contributed by atoms with Crippen LogP contribution in [0.3, 0.4) is 0 Å². The Balaban J connectivity index is 1.44. The number of halogens is 2. The van der Waals surface area contributed by atoms with E-state index >= 15 is 0 Å². The minimum atomic E-state index is -2.85. The lowest BCUT2D eigenvalue weighted by atomic mass is 10.2. The van der Waals surface area contributed by atoms with Crippen molar-refractivity contribution in [3.05, 3.63) is 24.3 Å². The molecule has 2 N–H and O–H groups in total. The maximum absolute atomic E-state index is 13.0. The predicted molar refractivity (Wildman–Crippen MR) is 95.4 cm³/mol. The number of rotatable bonds is 5. The van der Waals surface area contributed by atoms with Crippen LogP contribution in [0.1, 0.15) is 13.3 Å². The first-order valence-electron chi connectivity index (χ1n) is 8.81. The van der Waals surface area contributed by atoms with Crippen LogP contribution < -0.4 is 10.6 Å². The second kappa shape index (κ2) is 7.59. The van der Waals surface area contributed by atoms with Gasteiger partial charge in [0, 0.05) is 50.9 Å². The third-order valence-corrected chi connectivity index (χ3v) is 4.64. The van der Waals surface area contributed by atoms with Crippen molar-refractivity contribution in [1.29, 1.82) is 0 Å². The lowest BCUT2D eigenvalue weighted by Gasteiger charge is -2.34. The average Bonchev–Trinajstić information content (AvgIpc) is 3.23. The molecule has 2 aliphatic rings. The molecule has 9 heteroatoms. The first-order chi connectivity index (χ1) is 12.7. The van der Waals surface area contributed by atoms with Gasteiger partial charge in [0.1, 0.15) is 5.92 Å². The number of benzene rings is 1. The predicted octanol–water partition coefficient (Wildman–Crippen LogP) is 1.38. The summed E-state index contributed by atoms with van der Waals surface area (Å²) < 4.78 is 26.0. The molecule has 1 atom stereocenters. The van der Waals surface area contributed by atoms with Crippen LogP contribution in [0.15, 0.2) is 24.3 Å². The zero-order chi connectivity index (χ0) is 19.6. The van der Waals surface area contributed by atoms with Crippen LogP contribution in [0.2, 0.25) is 0 Å². The molecule has 0 bridgehead atoms. The lowest BCUT2D eigenvalue weighted by molar-refractivity contribution is -0.136. The minimum absolute atomic E-state index is 0.145. The Kier molecular flexibility index (Phi) is 5.41. The van der Waals surface area contributed by atoms with Gasteiger partial charge in [0.2, 0.25) is 17.7 Å². The zero-order valence-electron chi connectivity index (χ0n) is 15.0. The largest absolute Gasteiger partial charge is 0.340 e. The number of anilines is 2. The fourth-order valence-corrected chi connectivity index (χ4v) is 3.11. The van der Waals surface area contributed by atoms with Crippen molar-refractivity contribution in [2.45, 2.75) is 19.3 Å². The molecule has 27 heavy (non-hydrogen) atoms. The van der Waals surface area contributed by atoms with Gasteiger partial charge in [0.25, 0.3) is 5.92 Å². The van der Waals surface area contributed by atoms with Crippen molar-refractivity contribution in [3.63, 3.8) is 0 Å². The molecular weight excluding hydrogens is 358 g/mol. The number of alkyl halides is 2. The molecule has 1 unspecified atom stereocenters. The maximum Gasteiger partial charge on any atom is 0.260 e. The van der Waals surface area contributed by atoms with Crippen molar-refractivity contribution >= 4 is 29.1 Å². The highest BCUT2D eigenvalue weighted by atomic mass is 19.3. The van der Waals surface area contributed by atoms with E-state index in [1.807, 2.05) is 4.90 Å². The van der Waals surface area contributed by atoms with Crippen LogP contribution in [0.25, 0.3) is 0 Å². The molecular formula is C18H22F2N4O3. The van der Waals surface area contributed by atoms with E-state index < -0.39 is 17.7 Å². The molecule has 0 aromatic heterocycles. The fraction of sp³-hybridized carbons (Fsp3) is 0.500. The maximum atomic E-state index is 13.0. The molecule has 146 valence electrons. The van der Waals surface area contributed by atoms with Gasteiger partial charge in [-0.3, -0.25) is 19.3 Å². The molecule has 1 aromatic rings. The summed E-state index contributed by atoms with van der Waals surface area (Å²) in [6, 6.07) is 6.82. The third kappa shape index (κ3) is 5.00. The molecule has 1 aliphatic carbocycles. The smallest absolute Gasteiger partial charge is 0.260 e. The molecule has 2 fully saturated rings. The van der Waals surface area contributed by atoms with E-state index in [2.05, 4.69) is 10.6 Å². The van der Waals surface area contributed by atoms with E-state index in [1.54, 1.807) is 24.3 Å². The van der Waals surface area contributed by atoms with Crippen molar-refractivity contribution in [1.82, 2.24) is 9.80 Å². The number of piperazine rings is 1. The summed E-state index contributed by atoms with van der Waals surface area (Å²) in [5, 5.41) is 5.41. The van der Waals surface area contributed by atoms with E-state index in [0.29, 0.717) is 37.6 Å². The monoisotopic (exact) mass is 380 g/mol. The van der Waals surface area contributed by atoms with Gasteiger partial charge in [-0.05, 0) is 18.2 Å². The van der Waals surface area contributed by atoms with Gasteiger partial charge < -0.3 is 15.5 Å². The molecule has 0 radical (unpaired) electrons. The topological polar surface area (TPSA) is 81.8 Å². The first kappa shape index (κ1) is 19.2. The molecule has 7 nitrogen and oxygen atoms in total. The number of carbonyl (C=O) groups is 3. The quantitative estimate of drug-likeness (QED) is 0.809. The van der Waals surface area contributed by atoms with Crippen LogP contribution in [0.5, 0.6) is 0 Å². The number of hydrogen-bond donors (Lipinski definition) is 2. The van der Waals surface area contributed by atoms with Crippen molar-refractivity contribution in [3.8, 4) is 0 Å². The van der Waals surface area contributed by atoms with E-state index in [4.69, 9.17) is 0 Å². The van der Waals surface area contributed by atoms with Gasteiger partial charge in [-0.15, -0.1) is 0 Å². The van der Waals surface area contributed by atoms with Crippen LogP contribution >= 0.6 is 0 Å². The number of hydrogen-bond acceptors (Lipinski definition) is 4. The highest BCUT2D eigenvalue weighted by molar-refractivity contribution is 5.94. The molecule has 1 saturated heterocycles. The van der Waals surface area contributed by atoms with Crippen LogP contribution in [0.4, 0.5) is 20.2 Å². The highest BCUT2D eigenvalue weighted by Crippen LogP contribution is 2.49. The molecule has 3 rings (SSSR count). The van der Waals surface area contributed by atoms with Crippen LogP contribution in [-0.2, 0) is 14.4 Å². The van der Waals surface area contributed by atoms with E-state index in [9.17, 15) is 23.2 Å². The van der Waals surface area contributed by atoms with Gasteiger partial charge in [0.05, 0.1) is 6.54 Å². The molecule has 3 amide bonds. The SMILES string of the molecule is CC(=O)Nc1cccc(NC(=O)CN2CCN(C(=O)C3CC3(F)F)CC2)c1. The molecule has 1 aromatic carbocycles. The fourth-order valence-electron chi connectivity index (χ4n) is 3.11. The summed E-state index contributed by atoms with van der Waals surface area (Å²) in [5.41, 5.74) is 1.15. The normalized spacial score (nSPS) is 21.4. The first-order valence-corrected chi connectivity index (χ1v) is 8.81. The van der Waals surface area contributed by atoms with Crippen molar-refractivity contribution < 1.29 is 23.2 Å². The van der Waals surface area contributed by atoms with E-state index in [1.165, 1.54) is 11.8 Å². The van der Waals surface area contributed by atoms with Crippen molar-refractivity contribution in [2.24, 2.45) is 5.92 Å². The molecule has 1 aliphatic heterocycles. The summed E-state index contributed by atoms with van der Waals surface area (Å²) >= 11 is 0. The van der Waals surface area contributed by atoms with Gasteiger partial charge in [0.15, 0.2) is 0 Å². The number of carbonyl (C=O) groups excluding carboxylic acids is 3. The number of nitrogens with one attached hydrogen (secondary N) is 2. The Labute approximate surface area is 155 Å². The summed E-state index contributed by atoms with van der Waals surface area (Å²) in [4.78, 5) is 38.6. The van der Waals surface area contributed by atoms with Crippen LogP contribution in [-0.4, -0.2) is 66.2 Å². The van der Waals surface area contributed by atoms with Gasteiger partial charge in [-0.1, -0.05) is 6.07 Å². The van der Waals surface area contributed by atoms with Crippen LogP contribution in [0, 0.1) is 5.92 Å². The third-order valence-electron chi connectivity index (χ3n) is 4.64. The van der Waals surface area contributed by atoms with Gasteiger partial charge in [-0.2, -0.15) is 0 Å². The Morgan fingerprint density at radius 3 is 2.26 bits per heavy atom. The van der Waals surface area contributed by atoms with Gasteiger partial charge in [-0.25, -0.2) is 8.78 Å². The Morgan fingerprint density at radius 2 is 1.70 bits per heavy atom. The van der Waals surface area contributed by atoms with Crippen molar-refractivity contribution in [2.75, 3.05) is 43.4 Å². The summed E-state index contributed by atoms with van der Waals surface area (Å²) in [5.74, 6) is -4.92. The Morgan fingerprint density at radius 1 is 1.11 bits per heavy atom. The average molecular weight is 380 g/mol. The summed E-state index contributed by atoms with van der Waals surface area (Å²) in [6.45, 7) is 3.16. The number of nitrogens with zero attached hydrogens (tertiary/aromatic N) is 2. The van der Waals surface area contributed by atoms with E-state index in [0.717, 1.165) is 0 Å². The Hall–Kier alpha value is -2.55. The standard InChI is InChI=1S/C18H22F2N4O3/c1-12(25)21-13-3-2-4-14(9-13)22-16(26)11-23-5-7-24(8-6-23)17(27)15-10-18(15,19)20/h2-4,9,15H,5-8,10-11H2,1H3,(H,21,25)(H,22,26). The molecule has 0 spiro atoms. The lowest BCUT2D eigenvalue weighted by Crippen LogP contribution is -2.51. The zero-order valence-corrected chi connectivity index (χ0v) is 15.0. The summed E-state index contributed by atoms with van der Waals surface area (Å²) in [6.07, 6.45) is -0.355. The molecule has 1 saturated carbocycles. The second-order valence-electron chi connectivity index (χ2n) is 6.93. The minimum Gasteiger partial charge on any atom is -0.340 e. The Bertz CT molecular complexity index is 748.